The third kappa shape index (κ3) is 4.52. The first-order chi connectivity index (χ1) is 7.13. The van der Waals surface area contributed by atoms with Crippen molar-refractivity contribution >= 4 is 0 Å². The molecule has 0 aromatic rings. The highest BCUT2D eigenvalue weighted by atomic mass is 15.1. The second-order valence-electron chi connectivity index (χ2n) is 5.40. The summed E-state index contributed by atoms with van der Waals surface area (Å²) < 4.78 is 0. The molecule has 0 amide bonds. The quantitative estimate of drug-likeness (QED) is 0.753. The molecule has 0 unspecified atom stereocenters. The maximum atomic E-state index is 3.57. The van der Waals surface area contributed by atoms with Gasteiger partial charge in [0.05, 0.1) is 0 Å². The van der Waals surface area contributed by atoms with E-state index < -0.39 is 0 Å². The lowest BCUT2D eigenvalue weighted by molar-refractivity contribution is 0.160. The van der Waals surface area contributed by atoms with E-state index in [1.54, 1.807) is 0 Å². The van der Waals surface area contributed by atoms with Crippen molar-refractivity contribution in [3.63, 3.8) is 0 Å². The minimum atomic E-state index is 0.790. The van der Waals surface area contributed by atoms with Gasteiger partial charge in [0.15, 0.2) is 0 Å². The Morgan fingerprint density at radius 2 is 1.80 bits per heavy atom. The molecule has 0 atom stereocenters. The average molecular weight is 212 g/mol. The lowest BCUT2D eigenvalue weighted by atomic mass is 9.90. The number of hydrogen-bond donors (Lipinski definition) is 1. The summed E-state index contributed by atoms with van der Waals surface area (Å²) in [5, 5.41) is 3.57. The number of rotatable bonds is 5. The normalized spacial score (nSPS) is 27.6. The van der Waals surface area contributed by atoms with Gasteiger partial charge in [-0.1, -0.05) is 20.8 Å². The summed E-state index contributed by atoms with van der Waals surface area (Å²) in [6, 6.07) is 1.63. The molecular weight excluding hydrogens is 184 g/mol. The molecule has 2 nitrogen and oxygen atoms in total. The van der Waals surface area contributed by atoms with Crippen molar-refractivity contribution in [3.05, 3.63) is 0 Å². The molecule has 0 radical (unpaired) electrons. The SMILES string of the molecule is CCN[C@H]1CC[C@@H](N(C)CC(C)C)CC1. The van der Waals surface area contributed by atoms with Crippen LogP contribution in [-0.4, -0.2) is 37.1 Å². The van der Waals surface area contributed by atoms with Gasteiger partial charge in [-0.05, 0) is 45.2 Å². The third-order valence-electron chi connectivity index (χ3n) is 3.47. The summed E-state index contributed by atoms with van der Waals surface area (Å²) in [7, 11) is 2.29. The van der Waals surface area contributed by atoms with Gasteiger partial charge in [0, 0.05) is 18.6 Å². The highest BCUT2D eigenvalue weighted by Gasteiger charge is 2.23. The van der Waals surface area contributed by atoms with Crippen molar-refractivity contribution in [2.45, 2.75) is 58.5 Å². The second kappa shape index (κ2) is 6.49. The molecule has 0 heterocycles. The molecule has 1 fully saturated rings. The molecular formula is C13H28N2. The van der Waals surface area contributed by atoms with Gasteiger partial charge in [-0.3, -0.25) is 0 Å². The molecule has 1 rings (SSSR count). The van der Waals surface area contributed by atoms with Gasteiger partial charge < -0.3 is 10.2 Å². The first kappa shape index (κ1) is 13.0. The second-order valence-corrected chi connectivity index (χ2v) is 5.40. The van der Waals surface area contributed by atoms with Gasteiger partial charge in [-0.2, -0.15) is 0 Å². The van der Waals surface area contributed by atoms with Crippen LogP contribution in [0.25, 0.3) is 0 Å². The van der Waals surface area contributed by atoms with E-state index in [1.807, 2.05) is 0 Å². The van der Waals surface area contributed by atoms with Gasteiger partial charge in [0.2, 0.25) is 0 Å². The van der Waals surface area contributed by atoms with E-state index in [-0.39, 0.29) is 0 Å². The van der Waals surface area contributed by atoms with Crippen LogP contribution in [0.1, 0.15) is 46.5 Å². The maximum Gasteiger partial charge on any atom is 0.00934 e. The lowest BCUT2D eigenvalue weighted by Gasteiger charge is -2.35. The zero-order chi connectivity index (χ0) is 11.3. The Balaban J connectivity index is 2.24. The summed E-state index contributed by atoms with van der Waals surface area (Å²) in [5.41, 5.74) is 0. The van der Waals surface area contributed by atoms with Crippen molar-refractivity contribution in [1.29, 1.82) is 0 Å². The Hall–Kier alpha value is -0.0800. The molecule has 2 heteroatoms. The van der Waals surface area contributed by atoms with Crippen molar-refractivity contribution in [2.75, 3.05) is 20.1 Å². The molecule has 1 saturated carbocycles. The molecule has 0 bridgehead atoms. The van der Waals surface area contributed by atoms with E-state index in [9.17, 15) is 0 Å². The molecule has 90 valence electrons. The van der Waals surface area contributed by atoms with Crippen LogP contribution < -0.4 is 5.32 Å². The van der Waals surface area contributed by atoms with E-state index in [0.29, 0.717) is 0 Å². The predicted octanol–water partition coefficient (Wildman–Crippen LogP) is 2.49. The highest BCUT2D eigenvalue weighted by Crippen LogP contribution is 2.22. The molecule has 1 N–H and O–H groups in total. The van der Waals surface area contributed by atoms with Crippen molar-refractivity contribution < 1.29 is 0 Å². The van der Waals surface area contributed by atoms with Crippen molar-refractivity contribution in [1.82, 2.24) is 10.2 Å². The summed E-state index contributed by atoms with van der Waals surface area (Å²) in [6.07, 6.45) is 5.48. The fourth-order valence-corrected chi connectivity index (χ4v) is 2.73. The van der Waals surface area contributed by atoms with E-state index in [4.69, 9.17) is 0 Å². The fourth-order valence-electron chi connectivity index (χ4n) is 2.73. The Kier molecular flexibility index (Phi) is 5.62. The van der Waals surface area contributed by atoms with Crippen LogP contribution in [0.15, 0.2) is 0 Å². The highest BCUT2D eigenvalue weighted by molar-refractivity contribution is 4.81. The predicted molar refractivity (Wildman–Crippen MR) is 67.2 cm³/mol. The van der Waals surface area contributed by atoms with Crippen LogP contribution in [0, 0.1) is 5.92 Å². The van der Waals surface area contributed by atoms with E-state index in [1.165, 1.54) is 32.2 Å². The van der Waals surface area contributed by atoms with Crippen LogP contribution in [-0.2, 0) is 0 Å². The molecule has 0 spiro atoms. The topological polar surface area (TPSA) is 15.3 Å². The van der Waals surface area contributed by atoms with Crippen molar-refractivity contribution in [2.24, 2.45) is 5.92 Å². The van der Waals surface area contributed by atoms with Crippen LogP contribution in [0.4, 0.5) is 0 Å². The summed E-state index contributed by atoms with van der Waals surface area (Å²) in [6.45, 7) is 9.19. The van der Waals surface area contributed by atoms with Crippen LogP contribution in [0.2, 0.25) is 0 Å². The third-order valence-corrected chi connectivity index (χ3v) is 3.47. The van der Waals surface area contributed by atoms with Gasteiger partial charge in [-0.25, -0.2) is 0 Å². The first-order valence-electron chi connectivity index (χ1n) is 6.57. The first-order valence-corrected chi connectivity index (χ1v) is 6.57. The van der Waals surface area contributed by atoms with E-state index >= 15 is 0 Å². The standard InChI is InChI=1S/C13H28N2/c1-5-14-12-6-8-13(9-7-12)15(4)10-11(2)3/h11-14H,5-10H2,1-4H3/t12-,13+. The molecule has 1 aliphatic carbocycles. The number of nitrogens with zero attached hydrogens (tertiary/aromatic N) is 1. The van der Waals surface area contributed by atoms with Gasteiger partial charge >= 0.3 is 0 Å². The smallest absolute Gasteiger partial charge is 0.00934 e. The number of hydrogen-bond acceptors (Lipinski definition) is 2. The Bertz CT molecular complexity index is 160. The van der Waals surface area contributed by atoms with Crippen molar-refractivity contribution in [3.8, 4) is 0 Å². The number of nitrogens with one attached hydrogen (secondary N) is 1. The van der Waals surface area contributed by atoms with E-state index in [0.717, 1.165) is 24.5 Å². The van der Waals surface area contributed by atoms with E-state index in [2.05, 4.69) is 38.0 Å². The Morgan fingerprint density at radius 1 is 1.20 bits per heavy atom. The molecule has 15 heavy (non-hydrogen) atoms. The van der Waals surface area contributed by atoms with Crippen LogP contribution in [0.3, 0.4) is 0 Å². The van der Waals surface area contributed by atoms with Crippen LogP contribution >= 0.6 is 0 Å². The largest absolute Gasteiger partial charge is 0.314 e. The molecule has 0 aromatic heterocycles. The maximum absolute atomic E-state index is 3.57. The summed E-state index contributed by atoms with van der Waals surface area (Å²) in [5.74, 6) is 0.793. The lowest BCUT2D eigenvalue weighted by Crippen LogP contribution is -2.41. The van der Waals surface area contributed by atoms with Gasteiger partial charge in [-0.15, -0.1) is 0 Å². The summed E-state index contributed by atoms with van der Waals surface area (Å²) >= 11 is 0. The minimum absolute atomic E-state index is 0.790. The van der Waals surface area contributed by atoms with Gasteiger partial charge in [0.1, 0.15) is 0 Å². The average Bonchev–Trinajstić information content (AvgIpc) is 2.18. The summed E-state index contributed by atoms with van der Waals surface area (Å²) in [4.78, 5) is 2.56. The molecule has 0 saturated heterocycles. The van der Waals surface area contributed by atoms with Crippen LogP contribution in [0.5, 0.6) is 0 Å². The zero-order valence-electron chi connectivity index (χ0n) is 10.9. The van der Waals surface area contributed by atoms with Gasteiger partial charge in [0.25, 0.3) is 0 Å². The molecule has 1 aliphatic rings. The Labute approximate surface area is 95.4 Å². The molecule has 0 aromatic carbocycles. The zero-order valence-corrected chi connectivity index (χ0v) is 10.9. The Morgan fingerprint density at radius 3 is 2.27 bits per heavy atom. The fraction of sp³-hybridized carbons (Fsp3) is 1.00. The molecule has 0 aliphatic heterocycles. The minimum Gasteiger partial charge on any atom is -0.314 e. The monoisotopic (exact) mass is 212 g/mol.